The van der Waals surface area contributed by atoms with Crippen LogP contribution in [-0.2, 0) is 11.3 Å². The lowest BCUT2D eigenvalue weighted by Gasteiger charge is -2.21. The third-order valence-electron chi connectivity index (χ3n) is 7.27. The van der Waals surface area contributed by atoms with Gasteiger partial charge in [-0.05, 0) is 54.4 Å². The number of carbonyl (C=O) groups excluding carboxylic acids is 3. The number of amides is 3. The molecule has 2 aromatic carbocycles. The normalized spacial score (nSPS) is 18.9. The molecule has 3 amide bonds. The van der Waals surface area contributed by atoms with Gasteiger partial charge in [0.1, 0.15) is 17.5 Å². The fraction of sp³-hybridized carbons (Fsp3) is 0.267. The van der Waals surface area contributed by atoms with Crippen LogP contribution in [0, 0.1) is 12.9 Å². The van der Waals surface area contributed by atoms with E-state index in [4.69, 9.17) is 14.2 Å². The highest BCUT2D eigenvalue weighted by Crippen LogP contribution is 2.29. The Morgan fingerprint density at radius 2 is 1.90 bits per heavy atom. The Balaban J connectivity index is 1.31. The number of ether oxygens (including phenoxy) is 3. The minimum Gasteiger partial charge on any atom is -0.493 e. The molecule has 7 rings (SSSR count). The summed E-state index contributed by atoms with van der Waals surface area (Å²) in [6.07, 6.45) is 0.935. The van der Waals surface area contributed by atoms with Crippen LogP contribution >= 0.6 is 0 Å². The molecule has 42 heavy (non-hydrogen) atoms. The number of imidazole rings is 1. The fourth-order valence-electron chi connectivity index (χ4n) is 5.04. The Morgan fingerprint density at radius 1 is 1.10 bits per heavy atom. The van der Waals surface area contributed by atoms with E-state index < -0.39 is 29.9 Å². The number of methoxy groups -OCH3 is 1. The van der Waals surface area contributed by atoms with Gasteiger partial charge in [-0.15, -0.1) is 0 Å². The number of benzene rings is 2. The van der Waals surface area contributed by atoms with Gasteiger partial charge in [0.25, 0.3) is 17.7 Å². The highest BCUT2D eigenvalue weighted by Gasteiger charge is 2.40. The van der Waals surface area contributed by atoms with E-state index in [1.807, 2.05) is 6.92 Å². The van der Waals surface area contributed by atoms with Crippen molar-refractivity contribution in [3.63, 3.8) is 0 Å². The van der Waals surface area contributed by atoms with Gasteiger partial charge in [0.05, 0.1) is 19.7 Å². The molecule has 3 aliphatic heterocycles. The van der Waals surface area contributed by atoms with Gasteiger partial charge in [-0.25, -0.2) is 4.98 Å². The Morgan fingerprint density at radius 3 is 2.69 bits per heavy atom. The van der Waals surface area contributed by atoms with E-state index in [2.05, 4.69) is 15.6 Å². The van der Waals surface area contributed by atoms with Gasteiger partial charge in [0, 0.05) is 24.8 Å². The number of halogens is 1. The van der Waals surface area contributed by atoms with Crippen LogP contribution in [0.15, 0.2) is 60.8 Å². The van der Waals surface area contributed by atoms with E-state index in [-0.39, 0.29) is 49.2 Å². The first-order chi connectivity index (χ1) is 20.3. The molecule has 216 valence electrons. The van der Waals surface area contributed by atoms with Crippen LogP contribution in [0.3, 0.4) is 0 Å². The van der Waals surface area contributed by atoms with E-state index in [0.717, 1.165) is 11.1 Å². The van der Waals surface area contributed by atoms with Crippen LogP contribution in [0.4, 0.5) is 4.39 Å². The van der Waals surface area contributed by atoms with Crippen molar-refractivity contribution in [1.29, 1.82) is 0 Å². The first-order valence-electron chi connectivity index (χ1n) is 13.4. The molecule has 1 saturated heterocycles. The molecular weight excluding hydrogens is 545 g/mol. The topological polar surface area (TPSA) is 124 Å². The number of fused-ring (bicyclic) bond motifs is 8. The molecule has 0 saturated carbocycles. The van der Waals surface area contributed by atoms with E-state index in [0.29, 0.717) is 17.1 Å². The van der Waals surface area contributed by atoms with Crippen molar-refractivity contribution in [3.8, 4) is 17.2 Å². The summed E-state index contributed by atoms with van der Waals surface area (Å²) in [6.45, 7) is 1.98. The van der Waals surface area contributed by atoms with Gasteiger partial charge in [0.2, 0.25) is 5.95 Å². The standard InChI is InChI=1S/C30H28FN5O6/c1-17-3-10-25-34-27(28(31)36(25)13-17)30(39)35-14-21-24(15-35)42-20-7-4-18(5-8-20)12-32-26(37)16-41-23-11-19(29(38)33-21)6-9-22(23)40-2/h3-11,13,21,24H,12,14-16H2,1-2H3,(H,32,37)(H,33,38)/t21-,24-/m0/s1. The molecule has 0 unspecified atom stereocenters. The Labute approximate surface area is 240 Å². The number of nitrogens with zero attached hydrogens (tertiary/aromatic N) is 3. The monoisotopic (exact) mass is 573 g/mol. The summed E-state index contributed by atoms with van der Waals surface area (Å²) in [5.41, 5.74) is 1.93. The fourth-order valence-corrected chi connectivity index (χ4v) is 5.04. The number of aryl methyl sites for hydroxylation is 1. The maximum atomic E-state index is 15.3. The molecule has 4 aromatic rings. The lowest BCUT2D eigenvalue weighted by molar-refractivity contribution is -0.123. The van der Waals surface area contributed by atoms with Crippen LogP contribution in [0.5, 0.6) is 17.2 Å². The van der Waals surface area contributed by atoms with Crippen molar-refractivity contribution >= 4 is 23.4 Å². The molecule has 11 nitrogen and oxygen atoms in total. The third-order valence-corrected chi connectivity index (χ3v) is 7.27. The summed E-state index contributed by atoms with van der Waals surface area (Å²) >= 11 is 0. The van der Waals surface area contributed by atoms with Crippen molar-refractivity contribution in [2.75, 3.05) is 26.8 Å². The number of hydrogen-bond donors (Lipinski definition) is 2. The van der Waals surface area contributed by atoms with Crippen molar-refractivity contribution in [3.05, 3.63) is 89.1 Å². The zero-order valence-corrected chi connectivity index (χ0v) is 22.9. The summed E-state index contributed by atoms with van der Waals surface area (Å²) in [5, 5.41) is 5.74. The number of pyridine rings is 1. The molecule has 0 aliphatic carbocycles. The Hall–Kier alpha value is -5.13. The van der Waals surface area contributed by atoms with Crippen molar-refractivity contribution in [2.45, 2.75) is 25.6 Å². The van der Waals surface area contributed by atoms with Gasteiger partial charge in [0.15, 0.2) is 23.8 Å². The number of hydrogen-bond acceptors (Lipinski definition) is 7. The summed E-state index contributed by atoms with van der Waals surface area (Å²) in [7, 11) is 1.46. The van der Waals surface area contributed by atoms with Crippen LogP contribution in [0.25, 0.3) is 5.65 Å². The molecule has 2 N–H and O–H groups in total. The van der Waals surface area contributed by atoms with Crippen LogP contribution in [-0.4, -0.2) is 71.0 Å². The lowest BCUT2D eigenvalue weighted by atomic mass is 10.1. The Kier molecular flexibility index (Phi) is 7.11. The lowest BCUT2D eigenvalue weighted by Crippen LogP contribution is -2.45. The molecule has 3 aliphatic rings. The third kappa shape index (κ3) is 5.30. The molecule has 2 aromatic heterocycles. The number of rotatable bonds is 2. The maximum Gasteiger partial charge on any atom is 0.277 e. The number of carbonyl (C=O) groups is 3. The number of aromatic nitrogens is 2. The minimum absolute atomic E-state index is 0.0671. The maximum absolute atomic E-state index is 15.3. The summed E-state index contributed by atoms with van der Waals surface area (Å²) in [6, 6.07) is 14.5. The largest absolute Gasteiger partial charge is 0.493 e. The number of likely N-dealkylation sites (tertiary alicyclic amines) is 1. The van der Waals surface area contributed by atoms with E-state index in [1.54, 1.807) is 54.7 Å². The zero-order chi connectivity index (χ0) is 29.4. The molecular formula is C30H28FN5O6. The molecule has 1 fully saturated rings. The molecule has 12 heteroatoms. The Bertz CT molecular complexity index is 1690. The van der Waals surface area contributed by atoms with E-state index >= 15 is 4.39 Å². The van der Waals surface area contributed by atoms with Gasteiger partial charge in [-0.1, -0.05) is 18.2 Å². The smallest absolute Gasteiger partial charge is 0.277 e. The van der Waals surface area contributed by atoms with Gasteiger partial charge >= 0.3 is 0 Å². The average Bonchev–Trinajstić information content (AvgIpc) is 3.54. The average molecular weight is 574 g/mol. The zero-order valence-electron chi connectivity index (χ0n) is 22.9. The number of nitrogens with one attached hydrogen (secondary N) is 2. The summed E-state index contributed by atoms with van der Waals surface area (Å²) < 4.78 is 33.7. The highest BCUT2D eigenvalue weighted by molar-refractivity contribution is 5.96. The molecule has 2 atom stereocenters. The first-order valence-corrected chi connectivity index (χ1v) is 13.4. The molecule has 5 heterocycles. The van der Waals surface area contributed by atoms with Crippen LogP contribution < -0.4 is 24.8 Å². The van der Waals surface area contributed by atoms with Crippen molar-refractivity contribution in [1.82, 2.24) is 24.9 Å². The quantitative estimate of drug-likeness (QED) is 0.378. The van der Waals surface area contributed by atoms with Crippen LogP contribution in [0.2, 0.25) is 0 Å². The molecule has 0 spiro atoms. The van der Waals surface area contributed by atoms with Crippen LogP contribution in [0.1, 0.15) is 32.0 Å². The second-order valence-electron chi connectivity index (χ2n) is 10.2. The highest BCUT2D eigenvalue weighted by atomic mass is 19.1. The SMILES string of the molecule is COc1ccc2cc1OCC(=O)NCc1ccc(cc1)O[C@H]1CN(C(=O)c3nc4ccc(C)cn4c3F)C[C@@H]1NC2=O. The molecule has 0 radical (unpaired) electrons. The predicted molar refractivity (Wildman–Crippen MR) is 148 cm³/mol. The van der Waals surface area contributed by atoms with Gasteiger partial charge in [-0.2, -0.15) is 4.39 Å². The van der Waals surface area contributed by atoms with E-state index in [1.165, 1.54) is 22.5 Å². The first kappa shape index (κ1) is 27.1. The van der Waals surface area contributed by atoms with Crippen molar-refractivity contribution < 1.29 is 33.0 Å². The second kappa shape index (κ2) is 11.0. The predicted octanol–water partition coefficient (Wildman–Crippen LogP) is 2.50. The van der Waals surface area contributed by atoms with Gasteiger partial charge < -0.3 is 29.7 Å². The molecule has 4 bridgehead atoms. The minimum atomic E-state index is -0.751. The van der Waals surface area contributed by atoms with E-state index in [9.17, 15) is 14.4 Å². The summed E-state index contributed by atoms with van der Waals surface area (Å²) in [4.78, 5) is 44.9. The second-order valence-corrected chi connectivity index (χ2v) is 10.2. The summed E-state index contributed by atoms with van der Waals surface area (Å²) in [5.74, 6) is -1.05. The van der Waals surface area contributed by atoms with Gasteiger partial charge in [-0.3, -0.25) is 18.8 Å². The van der Waals surface area contributed by atoms with Crippen molar-refractivity contribution in [2.24, 2.45) is 0 Å².